The third-order valence-corrected chi connectivity index (χ3v) is 6.26. The van der Waals surface area contributed by atoms with Crippen LogP contribution >= 0.6 is 23.2 Å². The minimum absolute atomic E-state index is 0.791. The van der Waals surface area contributed by atoms with Crippen molar-refractivity contribution < 1.29 is 24.2 Å². The predicted molar refractivity (Wildman–Crippen MR) is 101 cm³/mol. The van der Waals surface area contributed by atoms with E-state index in [-0.39, 0.29) is 0 Å². The molecular weight excluding hydrogens is 414 g/mol. The summed E-state index contributed by atoms with van der Waals surface area (Å²) in [6, 6.07) is 24.8. The Hall–Kier alpha value is -1.27. The van der Waals surface area contributed by atoms with Crippen LogP contribution in [0.25, 0.3) is 21.5 Å². The van der Waals surface area contributed by atoms with Crippen molar-refractivity contribution in [3.05, 3.63) is 94.0 Å². The van der Waals surface area contributed by atoms with Gasteiger partial charge in [0, 0.05) is 0 Å². The molecule has 4 aromatic rings. The molecule has 0 aromatic heterocycles. The molecule has 0 radical (unpaired) electrons. The van der Waals surface area contributed by atoms with Crippen molar-refractivity contribution in [1.82, 2.24) is 0 Å². The van der Waals surface area contributed by atoms with E-state index in [0.29, 0.717) is 0 Å². The van der Waals surface area contributed by atoms with Crippen LogP contribution in [0.2, 0.25) is 10.0 Å². The summed E-state index contributed by atoms with van der Waals surface area (Å²) in [5.74, 6) is 0. The molecule has 0 aliphatic heterocycles. The van der Waals surface area contributed by atoms with Gasteiger partial charge in [-0.3, -0.25) is 0 Å². The second kappa shape index (κ2) is 6.56. The van der Waals surface area contributed by atoms with Crippen LogP contribution in [0.5, 0.6) is 0 Å². The van der Waals surface area contributed by atoms with Crippen molar-refractivity contribution in [2.75, 3.05) is 0 Å². The van der Waals surface area contributed by atoms with E-state index in [4.69, 9.17) is 23.2 Å². The number of halogens is 2. The summed E-state index contributed by atoms with van der Waals surface area (Å²) in [6.07, 6.45) is 0. The molecule has 0 unspecified atom stereocenters. The van der Waals surface area contributed by atoms with Crippen LogP contribution in [-0.2, 0) is 24.2 Å². The zero-order chi connectivity index (χ0) is 16.7. The zero-order valence-electron chi connectivity index (χ0n) is 12.7. The topological polar surface area (TPSA) is 0 Å². The molecule has 112 valence electrons. The van der Waals surface area contributed by atoms with Crippen molar-refractivity contribution in [3.8, 4) is 0 Å². The molecule has 0 N–H and O–H groups in total. The van der Waals surface area contributed by atoms with Gasteiger partial charge < -0.3 is 0 Å². The van der Waals surface area contributed by atoms with Gasteiger partial charge in [0.1, 0.15) is 0 Å². The van der Waals surface area contributed by atoms with Gasteiger partial charge in [0.15, 0.2) is 0 Å². The Balaban J connectivity index is 1.98. The van der Waals surface area contributed by atoms with E-state index in [0.717, 1.165) is 20.8 Å². The molecule has 0 amide bonds. The van der Waals surface area contributed by atoms with E-state index in [9.17, 15) is 0 Å². The fourth-order valence-electron chi connectivity index (χ4n) is 3.12. The van der Waals surface area contributed by atoms with Crippen molar-refractivity contribution >= 4 is 48.0 Å². The van der Waals surface area contributed by atoms with Crippen molar-refractivity contribution in [1.29, 1.82) is 0 Å². The Morgan fingerprint density at radius 1 is 0.542 bits per heavy atom. The summed E-state index contributed by atoms with van der Waals surface area (Å²) >= 11 is 14.1. The third kappa shape index (κ3) is 2.69. The van der Waals surface area contributed by atoms with Crippen LogP contribution < -0.4 is 0 Å². The van der Waals surface area contributed by atoms with Crippen LogP contribution in [-0.4, -0.2) is 3.21 Å². The fraction of sp³-hybridized carbons (Fsp3) is 0. The SMILES string of the molecule is Clc1cccc2c([C](=[Zr+2])c3cccc4c(Cl)cccc34)cccc12. The van der Waals surface area contributed by atoms with Gasteiger partial charge in [0.05, 0.1) is 0 Å². The molecule has 0 saturated heterocycles. The second-order valence-corrected chi connectivity index (χ2v) is 7.70. The first-order valence-corrected chi connectivity index (χ1v) is 9.59. The molecule has 0 aliphatic carbocycles. The van der Waals surface area contributed by atoms with E-state index in [1.54, 1.807) is 0 Å². The molecule has 4 rings (SSSR count). The van der Waals surface area contributed by atoms with Gasteiger partial charge in [-0.25, -0.2) is 0 Å². The predicted octanol–water partition coefficient (Wildman–Crippen LogP) is 6.42. The molecule has 0 heterocycles. The molecule has 0 spiro atoms. The Kier molecular flexibility index (Phi) is 4.43. The molecule has 0 bridgehead atoms. The first-order chi connectivity index (χ1) is 11.7. The first-order valence-electron chi connectivity index (χ1n) is 7.60. The van der Waals surface area contributed by atoms with Gasteiger partial charge in [0.2, 0.25) is 0 Å². The Morgan fingerprint density at radius 3 is 1.38 bits per heavy atom. The molecule has 0 aliphatic rings. The Morgan fingerprint density at radius 2 is 0.917 bits per heavy atom. The van der Waals surface area contributed by atoms with E-state index >= 15 is 0 Å². The summed E-state index contributed by atoms with van der Waals surface area (Å²) in [5.41, 5.74) is 2.47. The van der Waals surface area contributed by atoms with Crippen LogP contribution in [0.1, 0.15) is 11.1 Å². The van der Waals surface area contributed by atoms with Gasteiger partial charge in [-0.15, -0.1) is 0 Å². The van der Waals surface area contributed by atoms with Gasteiger partial charge in [-0.05, 0) is 0 Å². The van der Waals surface area contributed by atoms with E-state index in [2.05, 4.69) is 48.5 Å². The molecule has 0 atom stereocenters. The quantitative estimate of drug-likeness (QED) is 0.347. The fourth-order valence-corrected chi connectivity index (χ4v) is 4.67. The molecule has 0 nitrogen and oxygen atoms in total. The Labute approximate surface area is 165 Å². The van der Waals surface area contributed by atoms with Crippen molar-refractivity contribution in [2.45, 2.75) is 0 Å². The van der Waals surface area contributed by atoms with Gasteiger partial charge in [0.25, 0.3) is 0 Å². The van der Waals surface area contributed by atoms with Crippen LogP contribution in [0.3, 0.4) is 0 Å². The molecule has 3 heteroatoms. The number of fused-ring (bicyclic) bond motifs is 2. The number of benzene rings is 4. The summed E-state index contributed by atoms with van der Waals surface area (Å²) in [6.45, 7) is 0. The van der Waals surface area contributed by atoms with Gasteiger partial charge in [-0.2, -0.15) is 0 Å². The molecular formula is C21H12Cl2Zr+2. The molecule has 4 aromatic carbocycles. The summed E-state index contributed by atoms with van der Waals surface area (Å²) in [5, 5.41) is 6.15. The van der Waals surface area contributed by atoms with E-state index in [1.165, 1.54) is 49.3 Å². The van der Waals surface area contributed by atoms with E-state index in [1.807, 2.05) is 24.3 Å². The molecule has 24 heavy (non-hydrogen) atoms. The molecule has 0 saturated carbocycles. The number of hydrogen-bond donors (Lipinski definition) is 0. The maximum absolute atomic E-state index is 6.38. The Bertz CT molecular complexity index is 1010. The van der Waals surface area contributed by atoms with Crippen LogP contribution in [0, 0.1) is 0 Å². The number of rotatable bonds is 2. The van der Waals surface area contributed by atoms with E-state index < -0.39 is 0 Å². The first kappa shape index (κ1) is 16.2. The molecule has 0 fully saturated rings. The van der Waals surface area contributed by atoms with Crippen LogP contribution in [0.4, 0.5) is 0 Å². The monoisotopic (exact) mass is 424 g/mol. The average Bonchev–Trinajstić information content (AvgIpc) is 2.61. The van der Waals surface area contributed by atoms with Crippen LogP contribution in [0.15, 0.2) is 72.8 Å². The zero-order valence-corrected chi connectivity index (χ0v) is 16.7. The average molecular weight is 426 g/mol. The normalized spacial score (nSPS) is 11.2. The standard InChI is InChI=1S/C21H12Cl2.Zr/c22-20-11-3-7-16-14(5-1-9-18(16)20)13-15-6-2-10-19-17(15)8-4-12-21(19)23;/h1-12H;/q;+2. The van der Waals surface area contributed by atoms with Crippen molar-refractivity contribution in [2.24, 2.45) is 0 Å². The van der Waals surface area contributed by atoms with Crippen molar-refractivity contribution in [3.63, 3.8) is 0 Å². The third-order valence-electron chi connectivity index (χ3n) is 4.28. The second-order valence-electron chi connectivity index (χ2n) is 5.66. The maximum atomic E-state index is 6.38. The summed E-state index contributed by atoms with van der Waals surface area (Å²) in [4.78, 5) is 0. The van der Waals surface area contributed by atoms with Gasteiger partial charge >= 0.3 is 166 Å². The minimum atomic E-state index is 0.791. The summed E-state index contributed by atoms with van der Waals surface area (Å²) < 4.78 is 1.31. The van der Waals surface area contributed by atoms with Gasteiger partial charge in [-0.1, -0.05) is 0 Å². The summed E-state index contributed by atoms with van der Waals surface area (Å²) in [7, 11) is 0. The number of hydrogen-bond acceptors (Lipinski definition) is 0.